The molecule has 0 bridgehead atoms. The lowest BCUT2D eigenvalue weighted by Gasteiger charge is -2.15. The zero-order chi connectivity index (χ0) is 14.5. The normalized spacial score (nSPS) is 12.2. The van der Waals surface area contributed by atoms with Gasteiger partial charge in [-0.05, 0) is 19.4 Å². The molecule has 0 aromatic heterocycles. The number of halogens is 2. The number of hydrogen-bond donors (Lipinski definition) is 0. The minimum Gasteiger partial charge on any atom is -0.461 e. The molecule has 0 saturated carbocycles. The lowest BCUT2D eigenvalue weighted by molar-refractivity contribution is -0.173. The highest BCUT2D eigenvalue weighted by atomic mass is 19.3. The van der Waals surface area contributed by atoms with Crippen molar-refractivity contribution >= 4 is 11.7 Å². The Kier molecular flexibility index (Phi) is 4.97. The van der Waals surface area contributed by atoms with Gasteiger partial charge in [-0.25, -0.2) is 4.79 Å². The van der Waals surface area contributed by atoms with E-state index in [9.17, 15) is 13.6 Å². The van der Waals surface area contributed by atoms with Crippen molar-refractivity contribution in [3.8, 4) is 0 Å². The van der Waals surface area contributed by atoms with Crippen LogP contribution in [-0.4, -0.2) is 25.4 Å². The fourth-order valence-electron chi connectivity index (χ4n) is 1.45. The first-order valence-corrected chi connectivity index (χ1v) is 5.67. The highest BCUT2D eigenvalue weighted by Crippen LogP contribution is 2.29. The van der Waals surface area contributed by atoms with Crippen LogP contribution in [0, 0.1) is 0 Å². The van der Waals surface area contributed by atoms with Gasteiger partial charge in [0.25, 0.3) is 0 Å². The molecule has 0 saturated heterocycles. The quantitative estimate of drug-likeness (QED) is 0.470. The summed E-state index contributed by atoms with van der Waals surface area (Å²) in [6, 6.07) is 5.22. The van der Waals surface area contributed by atoms with Gasteiger partial charge in [-0.2, -0.15) is 8.78 Å². The zero-order valence-corrected chi connectivity index (χ0v) is 10.9. The van der Waals surface area contributed by atoms with E-state index >= 15 is 0 Å². The van der Waals surface area contributed by atoms with E-state index in [2.05, 4.69) is 14.7 Å². The molecule has 0 heterocycles. The molecular weight excluding hydrogens is 256 g/mol. The van der Waals surface area contributed by atoms with Crippen LogP contribution in [0.25, 0.3) is 0 Å². The van der Waals surface area contributed by atoms with Gasteiger partial charge in [0, 0.05) is 5.56 Å². The first-order valence-electron chi connectivity index (χ1n) is 5.67. The van der Waals surface area contributed by atoms with Crippen molar-refractivity contribution in [3.63, 3.8) is 0 Å². The maximum Gasteiger partial charge on any atom is 0.381 e. The van der Waals surface area contributed by atoms with Gasteiger partial charge < -0.3 is 9.57 Å². The lowest BCUT2D eigenvalue weighted by atomic mass is 10.0. The maximum atomic E-state index is 13.7. The first kappa shape index (κ1) is 15.1. The van der Waals surface area contributed by atoms with E-state index < -0.39 is 17.5 Å². The molecule has 0 radical (unpaired) electrons. The average Bonchev–Trinajstić information content (AvgIpc) is 2.39. The predicted octanol–water partition coefficient (Wildman–Crippen LogP) is 2.71. The Bertz CT molecular complexity index is 469. The molecule has 0 aliphatic carbocycles. The van der Waals surface area contributed by atoms with Gasteiger partial charge in [-0.1, -0.05) is 29.4 Å². The summed E-state index contributed by atoms with van der Waals surface area (Å²) in [4.78, 5) is 15.8. The first-order chi connectivity index (χ1) is 8.93. The Morgan fingerprint density at radius 2 is 1.89 bits per heavy atom. The highest BCUT2D eigenvalue weighted by molar-refractivity contribution is 5.98. The van der Waals surface area contributed by atoms with E-state index in [1.54, 1.807) is 6.92 Å². The second-order valence-electron chi connectivity index (χ2n) is 3.73. The molecule has 1 aromatic rings. The summed E-state index contributed by atoms with van der Waals surface area (Å²) >= 11 is 0. The van der Waals surface area contributed by atoms with Crippen molar-refractivity contribution in [2.24, 2.45) is 5.16 Å². The molecule has 0 atom stereocenters. The number of hydrogen-bond acceptors (Lipinski definition) is 4. The van der Waals surface area contributed by atoms with Crippen LogP contribution in [0.2, 0.25) is 0 Å². The Balaban J connectivity index is 2.98. The summed E-state index contributed by atoms with van der Waals surface area (Å²) in [6.45, 7) is 3.07. The Morgan fingerprint density at radius 1 is 1.32 bits per heavy atom. The molecule has 19 heavy (non-hydrogen) atoms. The molecule has 0 aliphatic rings. The molecule has 0 spiro atoms. The van der Waals surface area contributed by atoms with Gasteiger partial charge in [0.05, 0.1) is 12.3 Å². The summed E-state index contributed by atoms with van der Waals surface area (Å²) in [6.07, 6.45) is 0. The molecular formula is C13H15F2NO3. The summed E-state index contributed by atoms with van der Waals surface area (Å²) < 4.78 is 31.7. The summed E-state index contributed by atoms with van der Waals surface area (Å²) in [5.41, 5.74) is 0.763. The summed E-state index contributed by atoms with van der Waals surface area (Å²) in [5, 5.41) is 3.69. The molecule has 4 nitrogen and oxygen atoms in total. The van der Waals surface area contributed by atoms with Gasteiger partial charge in [0.15, 0.2) is 0 Å². The van der Waals surface area contributed by atoms with E-state index in [1.807, 2.05) is 0 Å². The van der Waals surface area contributed by atoms with Gasteiger partial charge in [0.2, 0.25) is 0 Å². The molecule has 0 aliphatic heterocycles. The third-order valence-electron chi connectivity index (χ3n) is 2.43. The molecule has 0 N–H and O–H groups in total. The number of ether oxygens (including phenoxy) is 1. The van der Waals surface area contributed by atoms with Crippen molar-refractivity contribution in [3.05, 3.63) is 35.4 Å². The number of esters is 1. The number of rotatable bonds is 5. The van der Waals surface area contributed by atoms with Gasteiger partial charge in [0.1, 0.15) is 7.11 Å². The van der Waals surface area contributed by atoms with E-state index in [0.29, 0.717) is 11.3 Å². The SMILES string of the molecule is CCOC(=O)C(F)(F)c1ccc(/C(C)=N/OC)cc1. The molecule has 0 unspecified atom stereocenters. The van der Waals surface area contributed by atoms with Gasteiger partial charge >= 0.3 is 11.9 Å². The highest BCUT2D eigenvalue weighted by Gasteiger charge is 2.42. The van der Waals surface area contributed by atoms with Crippen molar-refractivity contribution in [2.45, 2.75) is 19.8 Å². The standard InChI is InChI=1S/C13H15F2NO3/c1-4-19-12(17)13(14,15)11-7-5-10(6-8-11)9(2)16-18-3/h5-8H,4H2,1-3H3/b16-9+. The molecule has 0 amide bonds. The zero-order valence-electron chi connectivity index (χ0n) is 10.9. The molecule has 0 fully saturated rings. The third kappa shape index (κ3) is 3.49. The van der Waals surface area contributed by atoms with E-state index in [-0.39, 0.29) is 6.61 Å². The number of benzene rings is 1. The van der Waals surface area contributed by atoms with Crippen molar-refractivity contribution < 1.29 is 23.1 Å². The van der Waals surface area contributed by atoms with Crippen LogP contribution in [0.1, 0.15) is 25.0 Å². The van der Waals surface area contributed by atoms with Crippen LogP contribution in [0.15, 0.2) is 29.4 Å². The van der Waals surface area contributed by atoms with Gasteiger partial charge in [-0.15, -0.1) is 0 Å². The Morgan fingerprint density at radius 3 is 2.37 bits per heavy atom. The van der Waals surface area contributed by atoms with Gasteiger partial charge in [-0.3, -0.25) is 0 Å². The second-order valence-corrected chi connectivity index (χ2v) is 3.73. The Hall–Kier alpha value is -1.98. The van der Waals surface area contributed by atoms with Crippen LogP contribution in [0.3, 0.4) is 0 Å². The van der Waals surface area contributed by atoms with Crippen LogP contribution >= 0.6 is 0 Å². The third-order valence-corrected chi connectivity index (χ3v) is 2.43. The molecule has 1 rings (SSSR count). The van der Waals surface area contributed by atoms with Crippen molar-refractivity contribution in [2.75, 3.05) is 13.7 Å². The fraction of sp³-hybridized carbons (Fsp3) is 0.385. The number of carbonyl (C=O) groups excluding carboxylic acids is 1. The van der Waals surface area contributed by atoms with E-state index in [1.165, 1.54) is 38.3 Å². The van der Waals surface area contributed by atoms with Crippen LogP contribution in [-0.2, 0) is 20.3 Å². The lowest BCUT2D eigenvalue weighted by Crippen LogP contribution is -2.28. The summed E-state index contributed by atoms with van der Waals surface area (Å²) in [7, 11) is 1.40. The van der Waals surface area contributed by atoms with Crippen molar-refractivity contribution in [1.82, 2.24) is 0 Å². The molecule has 6 heteroatoms. The topological polar surface area (TPSA) is 47.9 Å². The average molecular weight is 271 g/mol. The number of carbonyl (C=O) groups is 1. The fourth-order valence-corrected chi connectivity index (χ4v) is 1.45. The maximum absolute atomic E-state index is 13.7. The van der Waals surface area contributed by atoms with Crippen molar-refractivity contribution in [1.29, 1.82) is 0 Å². The minimum absolute atomic E-state index is 0.0912. The number of alkyl halides is 2. The molecule has 104 valence electrons. The van der Waals surface area contributed by atoms with Crippen LogP contribution in [0.4, 0.5) is 8.78 Å². The Labute approximate surface area is 110 Å². The summed E-state index contributed by atoms with van der Waals surface area (Å²) in [5.74, 6) is -5.20. The smallest absolute Gasteiger partial charge is 0.381 e. The second kappa shape index (κ2) is 6.26. The van der Waals surface area contributed by atoms with Crippen LogP contribution in [0.5, 0.6) is 0 Å². The monoisotopic (exact) mass is 271 g/mol. The van der Waals surface area contributed by atoms with Crippen LogP contribution < -0.4 is 0 Å². The number of nitrogens with zero attached hydrogens (tertiary/aromatic N) is 1. The predicted molar refractivity (Wildman–Crippen MR) is 66.2 cm³/mol. The largest absolute Gasteiger partial charge is 0.461 e. The minimum atomic E-state index is -3.65. The van der Waals surface area contributed by atoms with E-state index in [4.69, 9.17) is 0 Å². The molecule has 1 aromatic carbocycles. The number of oxime groups is 1. The van der Waals surface area contributed by atoms with E-state index in [0.717, 1.165) is 0 Å².